The number of nitrogens with one attached hydrogen (secondary N) is 1. The number of nitrogens with zero attached hydrogens (tertiary/aromatic N) is 1. The Labute approximate surface area is 93.4 Å². The molecule has 0 bridgehead atoms. The molecule has 1 heterocycles. The van der Waals surface area contributed by atoms with Crippen LogP contribution in [0.15, 0.2) is 0 Å². The summed E-state index contributed by atoms with van der Waals surface area (Å²) in [4.78, 5) is 2.77. The standard InChI is InChI=1S/C13H24N2/c1-11-9-12(11)15-8-7-14-13(10-15)5-3-2-4-6-13/h11-12,14H,2-10H2,1H3. The van der Waals surface area contributed by atoms with Crippen LogP contribution in [-0.4, -0.2) is 36.1 Å². The van der Waals surface area contributed by atoms with Gasteiger partial charge in [0.15, 0.2) is 0 Å². The average Bonchev–Trinajstić information content (AvgIpc) is 2.97. The molecule has 0 aromatic rings. The molecule has 1 N–H and O–H groups in total. The average molecular weight is 208 g/mol. The van der Waals surface area contributed by atoms with Gasteiger partial charge in [-0.3, -0.25) is 4.90 Å². The second-order valence-corrected chi connectivity index (χ2v) is 6.02. The Kier molecular flexibility index (Phi) is 2.52. The highest BCUT2D eigenvalue weighted by Gasteiger charge is 2.44. The van der Waals surface area contributed by atoms with Gasteiger partial charge in [0.25, 0.3) is 0 Å². The summed E-state index contributed by atoms with van der Waals surface area (Å²) in [7, 11) is 0. The van der Waals surface area contributed by atoms with Crippen LogP contribution in [0, 0.1) is 5.92 Å². The maximum atomic E-state index is 3.82. The van der Waals surface area contributed by atoms with Crippen molar-refractivity contribution in [2.45, 2.75) is 57.0 Å². The van der Waals surface area contributed by atoms with Gasteiger partial charge in [0.2, 0.25) is 0 Å². The van der Waals surface area contributed by atoms with Crippen LogP contribution in [0.1, 0.15) is 45.4 Å². The molecule has 1 spiro atoms. The van der Waals surface area contributed by atoms with Crippen molar-refractivity contribution in [1.82, 2.24) is 10.2 Å². The minimum Gasteiger partial charge on any atom is -0.309 e. The van der Waals surface area contributed by atoms with Crippen molar-refractivity contribution in [2.24, 2.45) is 5.92 Å². The zero-order valence-corrected chi connectivity index (χ0v) is 9.97. The molecular weight excluding hydrogens is 184 g/mol. The van der Waals surface area contributed by atoms with Crippen molar-refractivity contribution in [3.8, 4) is 0 Å². The Morgan fingerprint density at radius 3 is 2.60 bits per heavy atom. The van der Waals surface area contributed by atoms with Gasteiger partial charge < -0.3 is 5.32 Å². The summed E-state index contributed by atoms with van der Waals surface area (Å²) >= 11 is 0. The first-order valence-electron chi connectivity index (χ1n) is 6.78. The number of piperazine rings is 1. The van der Waals surface area contributed by atoms with Gasteiger partial charge in [-0.15, -0.1) is 0 Å². The van der Waals surface area contributed by atoms with Crippen molar-refractivity contribution in [2.75, 3.05) is 19.6 Å². The topological polar surface area (TPSA) is 15.3 Å². The summed E-state index contributed by atoms with van der Waals surface area (Å²) < 4.78 is 0. The number of rotatable bonds is 1. The SMILES string of the molecule is CC1CC1N1CCNC2(CCCCC2)C1. The highest BCUT2D eigenvalue weighted by Crippen LogP contribution is 2.39. The Balaban J connectivity index is 1.64. The van der Waals surface area contributed by atoms with Gasteiger partial charge in [-0.1, -0.05) is 26.2 Å². The van der Waals surface area contributed by atoms with Gasteiger partial charge in [-0.05, 0) is 25.2 Å². The number of hydrogen-bond donors (Lipinski definition) is 1. The monoisotopic (exact) mass is 208 g/mol. The minimum atomic E-state index is 0.513. The smallest absolute Gasteiger partial charge is 0.0309 e. The van der Waals surface area contributed by atoms with Crippen molar-refractivity contribution >= 4 is 0 Å². The van der Waals surface area contributed by atoms with Gasteiger partial charge in [0.05, 0.1) is 0 Å². The van der Waals surface area contributed by atoms with Crippen LogP contribution in [0.5, 0.6) is 0 Å². The van der Waals surface area contributed by atoms with Crippen LogP contribution >= 0.6 is 0 Å². The highest BCUT2D eigenvalue weighted by atomic mass is 15.3. The predicted molar refractivity (Wildman–Crippen MR) is 63.0 cm³/mol. The van der Waals surface area contributed by atoms with E-state index in [1.165, 1.54) is 58.2 Å². The lowest BCUT2D eigenvalue weighted by Gasteiger charge is -2.46. The molecule has 0 radical (unpaired) electrons. The lowest BCUT2D eigenvalue weighted by atomic mass is 9.80. The fraction of sp³-hybridized carbons (Fsp3) is 1.00. The lowest BCUT2D eigenvalue weighted by molar-refractivity contribution is 0.0909. The molecule has 2 atom stereocenters. The number of hydrogen-bond acceptors (Lipinski definition) is 2. The molecule has 3 rings (SSSR count). The summed E-state index contributed by atoms with van der Waals surface area (Å²) in [6.45, 7) is 6.25. The van der Waals surface area contributed by atoms with E-state index in [0.717, 1.165) is 12.0 Å². The third-order valence-electron chi connectivity index (χ3n) is 4.75. The maximum Gasteiger partial charge on any atom is 0.0309 e. The van der Waals surface area contributed by atoms with Gasteiger partial charge in [-0.25, -0.2) is 0 Å². The zero-order valence-electron chi connectivity index (χ0n) is 9.97. The molecule has 3 aliphatic rings. The minimum absolute atomic E-state index is 0.513. The summed E-state index contributed by atoms with van der Waals surface area (Å²) in [5.41, 5.74) is 0.513. The van der Waals surface area contributed by atoms with Gasteiger partial charge in [0, 0.05) is 31.2 Å². The third kappa shape index (κ3) is 1.94. The first-order chi connectivity index (χ1) is 7.29. The second kappa shape index (κ2) is 3.74. The molecule has 86 valence electrons. The molecule has 1 saturated heterocycles. The van der Waals surface area contributed by atoms with E-state index in [0.29, 0.717) is 5.54 Å². The van der Waals surface area contributed by atoms with Crippen molar-refractivity contribution in [3.05, 3.63) is 0 Å². The van der Waals surface area contributed by atoms with Crippen LogP contribution in [0.25, 0.3) is 0 Å². The van der Waals surface area contributed by atoms with E-state index in [1.54, 1.807) is 0 Å². The molecule has 2 nitrogen and oxygen atoms in total. The quantitative estimate of drug-likeness (QED) is 0.709. The van der Waals surface area contributed by atoms with E-state index in [9.17, 15) is 0 Å². The molecule has 2 heteroatoms. The molecule has 0 aromatic carbocycles. The predicted octanol–water partition coefficient (Wildman–Crippen LogP) is 2.00. The highest BCUT2D eigenvalue weighted by molar-refractivity contribution is 5.02. The largest absolute Gasteiger partial charge is 0.309 e. The first-order valence-corrected chi connectivity index (χ1v) is 6.78. The summed E-state index contributed by atoms with van der Waals surface area (Å²) in [5.74, 6) is 0.976. The van der Waals surface area contributed by atoms with Crippen LogP contribution in [0.4, 0.5) is 0 Å². The Bertz CT molecular complexity index is 227. The molecular formula is C13H24N2. The maximum absolute atomic E-state index is 3.82. The molecule has 2 aliphatic carbocycles. The molecule has 2 unspecified atom stereocenters. The fourth-order valence-electron chi connectivity index (χ4n) is 3.65. The van der Waals surface area contributed by atoms with E-state index in [1.807, 2.05) is 0 Å². The molecule has 0 aromatic heterocycles. The third-order valence-corrected chi connectivity index (χ3v) is 4.75. The molecule has 0 amide bonds. The van der Waals surface area contributed by atoms with Gasteiger partial charge in [0.1, 0.15) is 0 Å². The molecule has 2 saturated carbocycles. The molecule has 1 aliphatic heterocycles. The van der Waals surface area contributed by atoms with E-state index >= 15 is 0 Å². The van der Waals surface area contributed by atoms with Crippen LogP contribution < -0.4 is 5.32 Å². The second-order valence-electron chi connectivity index (χ2n) is 6.02. The first kappa shape index (κ1) is 10.1. The molecule has 15 heavy (non-hydrogen) atoms. The summed E-state index contributed by atoms with van der Waals surface area (Å²) in [5, 5.41) is 3.82. The van der Waals surface area contributed by atoms with E-state index in [-0.39, 0.29) is 0 Å². The van der Waals surface area contributed by atoms with Crippen LogP contribution in [-0.2, 0) is 0 Å². The Hall–Kier alpha value is -0.0800. The van der Waals surface area contributed by atoms with Crippen molar-refractivity contribution in [1.29, 1.82) is 0 Å². The Morgan fingerprint density at radius 2 is 1.93 bits per heavy atom. The van der Waals surface area contributed by atoms with Gasteiger partial charge >= 0.3 is 0 Å². The van der Waals surface area contributed by atoms with Gasteiger partial charge in [-0.2, -0.15) is 0 Å². The normalized spacial score (nSPS) is 40.6. The molecule has 3 fully saturated rings. The summed E-state index contributed by atoms with van der Waals surface area (Å²) in [6, 6.07) is 0.936. The zero-order chi connectivity index (χ0) is 10.3. The van der Waals surface area contributed by atoms with Crippen LogP contribution in [0.3, 0.4) is 0 Å². The van der Waals surface area contributed by atoms with Crippen molar-refractivity contribution in [3.63, 3.8) is 0 Å². The summed E-state index contributed by atoms with van der Waals surface area (Å²) in [6.07, 6.45) is 8.65. The lowest BCUT2D eigenvalue weighted by Crippen LogP contribution is -2.61. The Morgan fingerprint density at radius 1 is 1.20 bits per heavy atom. The van der Waals surface area contributed by atoms with E-state index in [4.69, 9.17) is 0 Å². The van der Waals surface area contributed by atoms with E-state index < -0.39 is 0 Å². The van der Waals surface area contributed by atoms with Crippen LogP contribution in [0.2, 0.25) is 0 Å². The fourth-order valence-corrected chi connectivity index (χ4v) is 3.65. The van der Waals surface area contributed by atoms with Crippen molar-refractivity contribution < 1.29 is 0 Å². The van der Waals surface area contributed by atoms with E-state index in [2.05, 4.69) is 17.1 Å².